The van der Waals surface area contributed by atoms with E-state index in [1.54, 1.807) is 23.7 Å². The molecular weight excluding hydrogens is 426 g/mol. The van der Waals surface area contributed by atoms with Crippen LogP contribution in [-0.4, -0.2) is 30.7 Å². The van der Waals surface area contributed by atoms with Crippen LogP contribution >= 0.6 is 11.6 Å². The fourth-order valence-electron chi connectivity index (χ4n) is 2.76. The molecule has 0 fully saturated rings. The molecule has 1 heterocycles. The normalized spacial score (nSPS) is 11.5. The van der Waals surface area contributed by atoms with E-state index in [1.165, 1.54) is 6.07 Å². The number of carbonyl (C=O) groups is 1. The summed E-state index contributed by atoms with van der Waals surface area (Å²) in [6.45, 7) is 4.88. The van der Waals surface area contributed by atoms with Gasteiger partial charge >= 0.3 is 5.97 Å². The molecule has 0 aliphatic heterocycles. The summed E-state index contributed by atoms with van der Waals surface area (Å²) in [5, 5.41) is 4.72. The number of halogens is 1. The number of rotatable bonds is 7. The molecule has 0 saturated carbocycles. The van der Waals surface area contributed by atoms with Crippen molar-refractivity contribution in [3.63, 3.8) is 0 Å². The van der Waals surface area contributed by atoms with Gasteiger partial charge in [-0.15, -0.1) is 0 Å². The maximum Gasteiger partial charge on any atom is 0.321 e. The Bertz CT molecular complexity index is 1170. The highest BCUT2D eigenvalue weighted by Crippen LogP contribution is 2.24. The van der Waals surface area contributed by atoms with Crippen molar-refractivity contribution in [1.29, 1.82) is 0 Å². The van der Waals surface area contributed by atoms with Gasteiger partial charge < -0.3 is 4.74 Å². The van der Waals surface area contributed by atoms with Gasteiger partial charge in [-0.3, -0.25) is 4.79 Å². The first-order chi connectivity index (χ1) is 14.2. The van der Waals surface area contributed by atoms with E-state index in [1.807, 2.05) is 44.2 Å². The van der Waals surface area contributed by atoms with E-state index < -0.39 is 22.5 Å². The molecule has 30 heavy (non-hydrogen) atoms. The Kier molecular flexibility index (Phi) is 6.60. The van der Waals surface area contributed by atoms with Crippen LogP contribution in [0.3, 0.4) is 0 Å². The van der Waals surface area contributed by atoms with Gasteiger partial charge in [-0.25, -0.2) is 13.1 Å². The number of ether oxygens (including phenoxy) is 1. The molecule has 1 N–H and O–H groups in total. The van der Waals surface area contributed by atoms with Gasteiger partial charge in [0.2, 0.25) is 10.0 Å². The van der Waals surface area contributed by atoms with Crippen LogP contribution in [0.25, 0.3) is 5.69 Å². The highest BCUT2D eigenvalue weighted by molar-refractivity contribution is 7.89. The molecule has 0 aliphatic carbocycles. The molecule has 9 heteroatoms. The lowest BCUT2D eigenvalue weighted by Gasteiger charge is -2.09. The second-order valence-electron chi connectivity index (χ2n) is 6.83. The van der Waals surface area contributed by atoms with Crippen LogP contribution in [0, 0.1) is 20.8 Å². The first kappa shape index (κ1) is 22.0. The number of carbonyl (C=O) groups excluding carboxylic acids is 1. The van der Waals surface area contributed by atoms with Gasteiger partial charge in [0.25, 0.3) is 0 Å². The molecular formula is C21H22ClN3O4S. The number of aryl methyl sites for hydroxylation is 3. The van der Waals surface area contributed by atoms with Gasteiger partial charge in [-0.1, -0.05) is 35.9 Å². The lowest BCUT2D eigenvalue weighted by molar-refractivity contribution is -0.143. The van der Waals surface area contributed by atoms with Crippen LogP contribution in [0.2, 0.25) is 5.15 Å². The Morgan fingerprint density at radius 2 is 1.80 bits per heavy atom. The number of benzene rings is 2. The predicted molar refractivity (Wildman–Crippen MR) is 114 cm³/mol. The summed E-state index contributed by atoms with van der Waals surface area (Å²) in [7, 11) is -3.82. The zero-order valence-electron chi connectivity index (χ0n) is 16.8. The monoisotopic (exact) mass is 447 g/mol. The van der Waals surface area contributed by atoms with Crippen LogP contribution in [0.15, 0.2) is 53.4 Å². The quantitative estimate of drug-likeness (QED) is 0.560. The van der Waals surface area contributed by atoms with E-state index in [4.69, 9.17) is 16.3 Å². The number of nitrogens with one attached hydrogen (secondary N) is 1. The van der Waals surface area contributed by atoms with E-state index in [-0.39, 0.29) is 11.5 Å². The highest BCUT2D eigenvalue weighted by Gasteiger charge is 2.19. The van der Waals surface area contributed by atoms with Gasteiger partial charge in [0.05, 0.1) is 16.3 Å². The minimum Gasteiger partial charge on any atom is -0.460 e. The first-order valence-electron chi connectivity index (χ1n) is 9.21. The number of sulfonamides is 1. The van der Waals surface area contributed by atoms with Crippen LogP contribution in [0.5, 0.6) is 0 Å². The van der Waals surface area contributed by atoms with Gasteiger partial charge in [-0.2, -0.15) is 9.82 Å². The third kappa shape index (κ3) is 4.89. The highest BCUT2D eigenvalue weighted by atomic mass is 35.5. The molecule has 3 aromatic rings. The van der Waals surface area contributed by atoms with Crippen LogP contribution in [0.1, 0.15) is 22.4 Å². The molecule has 0 amide bonds. The molecule has 0 unspecified atom stereocenters. The summed E-state index contributed by atoms with van der Waals surface area (Å²) >= 11 is 6.40. The average molecular weight is 448 g/mol. The Balaban J connectivity index is 1.62. The maximum atomic E-state index is 12.4. The van der Waals surface area contributed by atoms with Crippen molar-refractivity contribution < 1.29 is 17.9 Å². The summed E-state index contributed by atoms with van der Waals surface area (Å²) in [6, 6.07) is 14.1. The van der Waals surface area contributed by atoms with Gasteiger partial charge in [0.1, 0.15) is 18.3 Å². The summed E-state index contributed by atoms with van der Waals surface area (Å²) in [6.07, 6.45) is 0. The SMILES string of the molecule is Cc1ccc(S(=O)(=O)NCC(=O)OCc2c(C)nn(-c3ccccc3)c2Cl)cc1C. The van der Waals surface area contributed by atoms with E-state index in [0.29, 0.717) is 16.4 Å². The van der Waals surface area contributed by atoms with Crippen molar-refractivity contribution in [3.05, 3.63) is 76.1 Å². The average Bonchev–Trinajstić information content (AvgIpc) is 3.01. The van der Waals surface area contributed by atoms with Crippen molar-refractivity contribution in [3.8, 4) is 5.69 Å². The minimum atomic E-state index is -3.82. The molecule has 0 bridgehead atoms. The maximum absolute atomic E-state index is 12.4. The second-order valence-corrected chi connectivity index (χ2v) is 8.96. The number of aromatic nitrogens is 2. The van der Waals surface area contributed by atoms with Crippen molar-refractivity contribution in [2.24, 2.45) is 0 Å². The Labute approximate surface area is 180 Å². The van der Waals surface area contributed by atoms with E-state index in [9.17, 15) is 13.2 Å². The second kappa shape index (κ2) is 8.99. The molecule has 158 valence electrons. The summed E-state index contributed by atoms with van der Waals surface area (Å²) < 4.78 is 33.8. The Morgan fingerprint density at radius 1 is 1.10 bits per heavy atom. The number of para-hydroxylation sites is 1. The lowest BCUT2D eigenvalue weighted by atomic mass is 10.1. The largest absolute Gasteiger partial charge is 0.460 e. The minimum absolute atomic E-state index is 0.0985. The van der Waals surface area contributed by atoms with Gasteiger partial charge in [-0.05, 0) is 56.2 Å². The zero-order valence-corrected chi connectivity index (χ0v) is 18.4. The molecule has 0 radical (unpaired) electrons. The van der Waals surface area contributed by atoms with Crippen LogP contribution < -0.4 is 4.72 Å². The van der Waals surface area contributed by atoms with E-state index >= 15 is 0 Å². The third-order valence-corrected chi connectivity index (χ3v) is 6.48. The lowest BCUT2D eigenvalue weighted by Crippen LogP contribution is -2.30. The topological polar surface area (TPSA) is 90.3 Å². The van der Waals surface area contributed by atoms with Crippen LogP contribution in [-0.2, 0) is 26.2 Å². The van der Waals surface area contributed by atoms with Crippen molar-refractivity contribution in [2.45, 2.75) is 32.3 Å². The van der Waals surface area contributed by atoms with Gasteiger partial charge in [0.15, 0.2) is 0 Å². The third-order valence-electron chi connectivity index (χ3n) is 4.70. The van der Waals surface area contributed by atoms with E-state index in [2.05, 4.69) is 9.82 Å². The first-order valence-corrected chi connectivity index (χ1v) is 11.1. The fraction of sp³-hybridized carbons (Fsp3) is 0.238. The standard InChI is InChI=1S/C21H22ClN3O4S/c1-14-9-10-18(11-15(14)2)30(27,28)23-12-20(26)29-13-19-16(3)24-25(21(19)22)17-7-5-4-6-8-17/h4-11,23H,12-13H2,1-3H3. The molecule has 2 aromatic carbocycles. The van der Waals surface area contributed by atoms with Crippen LogP contribution in [0.4, 0.5) is 0 Å². The Morgan fingerprint density at radius 3 is 2.47 bits per heavy atom. The molecule has 7 nitrogen and oxygen atoms in total. The van der Waals surface area contributed by atoms with Gasteiger partial charge in [0, 0.05) is 5.56 Å². The van der Waals surface area contributed by atoms with Crippen molar-refractivity contribution in [1.82, 2.24) is 14.5 Å². The predicted octanol–water partition coefficient (Wildman–Crippen LogP) is 3.47. The number of nitrogens with zero attached hydrogens (tertiary/aromatic N) is 2. The van der Waals surface area contributed by atoms with Crippen molar-refractivity contribution in [2.75, 3.05) is 6.54 Å². The molecule has 0 atom stereocenters. The zero-order chi connectivity index (χ0) is 21.9. The number of esters is 1. The summed E-state index contributed by atoms with van der Waals surface area (Å²) in [4.78, 5) is 12.2. The summed E-state index contributed by atoms with van der Waals surface area (Å²) in [5.41, 5.74) is 3.79. The fourth-order valence-corrected chi connectivity index (χ4v) is 4.14. The molecule has 1 aromatic heterocycles. The molecule has 0 spiro atoms. The number of hydrogen-bond acceptors (Lipinski definition) is 5. The smallest absolute Gasteiger partial charge is 0.321 e. The molecule has 0 saturated heterocycles. The Hall–Kier alpha value is -2.68. The molecule has 0 aliphatic rings. The summed E-state index contributed by atoms with van der Waals surface area (Å²) in [5.74, 6) is -0.717. The molecule has 3 rings (SSSR count). The van der Waals surface area contributed by atoms with Crippen molar-refractivity contribution >= 4 is 27.6 Å². The van der Waals surface area contributed by atoms with E-state index in [0.717, 1.165) is 16.8 Å². The number of hydrogen-bond donors (Lipinski definition) is 1.